The van der Waals surface area contributed by atoms with E-state index >= 15 is 0 Å². The Bertz CT molecular complexity index is 1270. The number of nitrogens with zero attached hydrogens (tertiary/aromatic N) is 3. The number of fused-ring (bicyclic) bond motifs is 1. The average molecular weight is 459 g/mol. The summed E-state index contributed by atoms with van der Waals surface area (Å²) in [6, 6.07) is 8.84. The van der Waals surface area contributed by atoms with Gasteiger partial charge >= 0.3 is 0 Å². The van der Waals surface area contributed by atoms with Crippen LogP contribution in [-0.4, -0.2) is 68.0 Å². The van der Waals surface area contributed by atoms with Crippen molar-refractivity contribution >= 4 is 26.8 Å². The summed E-state index contributed by atoms with van der Waals surface area (Å²) in [5.41, 5.74) is 2.93. The molecule has 1 N–H and O–H groups in total. The smallest absolute Gasteiger partial charge is 0.252 e. The number of hydrogen-bond acceptors (Lipinski definition) is 7. The number of pyridine rings is 1. The first-order valence-electron chi connectivity index (χ1n) is 10.3. The van der Waals surface area contributed by atoms with Crippen molar-refractivity contribution in [3.8, 4) is 17.0 Å². The van der Waals surface area contributed by atoms with Crippen LogP contribution in [0.3, 0.4) is 0 Å². The summed E-state index contributed by atoms with van der Waals surface area (Å²) in [7, 11) is 0.0436. The number of amides is 1. The van der Waals surface area contributed by atoms with Crippen molar-refractivity contribution in [3.05, 3.63) is 41.6 Å². The third-order valence-corrected chi connectivity index (χ3v) is 7.34. The molecule has 10 heteroatoms. The van der Waals surface area contributed by atoms with Gasteiger partial charge in [-0.25, -0.2) is 18.1 Å². The molecule has 9 nitrogen and oxygen atoms in total. The lowest BCUT2D eigenvalue weighted by Gasteiger charge is -2.13. The van der Waals surface area contributed by atoms with Gasteiger partial charge in [-0.1, -0.05) is 12.1 Å². The Balaban J connectivity index is 1.89. The molecule has 0 aliphatic carbocycles. The molecule has 1 fully saturated rings. The molecule has 1 saturated heterocycles. The van der Waals surface area contributed by atoms with E-state index in [0.717, 1.165) is 5.56 Å². The number of methoxy groups -OCH3 is 2. The maximum Gasteiger partial charge on any atom is 0.252 e. The molecule has 1 unspecified atom stereocenters. The highest BCUT2D eigenvalue weighted by Crippen LogP contribution is 2.32. The number of carbonyl (C=O) groups is 1. The third kappa shape index (κ3) is 4.33. The number of nitrogens with one attached hydrogen (secondary N) is 1. The summed E-state index contributed by atoms with van der Waals surface area (Å²) >= 11 is 0. The molecule has 170 valence electrons. The normalized spacial score (nSPS) is 17.5. The lowest BCUT2D eigenvalue weighted by atomic mass is 10.0. The first-order chi connectivity index (χ1) is 15.3. The van der Waals surface area contributed by atoms with Crippen LogP contribution in [0.1, 0.15) is 28.5 Å². The minimum absolute atomic E-state index is 0.0175. The predicted molar refractivity (Wildman–Crippen MR) is 121 cm³/mol. The fraction of sp³-hybridized carbons (Fsp3) is 0.409. The van der Waals surface area contributed by atoms with Crippen LogP contribution in [-0.2, 0) is 14.6 Å². The zero-order chi connectivity index (χ0) is 22.9. The van der Waals surface area contributed by atoms with Crippen molar-refractivity contribution in [1.29, 1.82) is 0 Å². The van der Waals surface area contributed by atoms with E-state index in [1.54, 1.807) is 31.9 Å². The summed E-state index contributed by atoms with van der Waals surface area (Å²) in [5, 5.41) is 8.09. The van der Waals surface area contributed by atoms with Gasteiger partial charge in [0.1, 0.15) is 5.75 Å². The van der Waals surface area contributed by atoms with Gasteiger partial charge in [-0.15, -0.1) is 0 Å². The highest BCUT2D eigenvalue weighted by atomic mass is 32.2. The zero-order valence-electron chi connectivity index (χ0n) is 18.3. The number of aromatic nitrogens is 3. The Kier molecular flexibility index (Phi) is 6.16. The summed E-state index contributed by atoms with van der Waals surface area (Å²) in [5.74, 6) is 0.545. The minimum atomic E-state index is -3.11. The number of rotatable bonds is 7. The number of hydrogen-bond donors (Lipinski definition) is 1. The highest BCUT2D eigenvalue weighted by molar-refractivity contribution is 7.91. The summed E-state index contributed by atoms with van der Waals surface area (Å²) in [4.78, 5) is 17.9. The lowest BCUT2D eigenvalue weighted by molar-refractivity contribution is 0.0938. The molecular weight excluding hydrogens is 432 g/mol. The second-order valence-corrected chi connectivity index (χ2v) is 10.0. The second-order valence-electron chi connectivity index (χ2n) is 7.82. The van der Waals surface area contributed by atoms with Crippen molar-refractivity contribution in [1.82, 2.24) is 20.1 Å². The molecule has 0 saturated carbocycles. The van der Waals surface area contributed by atoms with Crippen molar-refractivity contribution in [2.45, 2.75) is 19.4 Å². The quantitative estimate of drug-likeness (QED) is 0.540. The van der Waals surface area contributed by atoms with Crippen LogP contribution >= 0.6 is 0 Å². The predicted octanol–water partition coefficient (Wildman–Crippen LogP) is 2.15. The van der Waals surface area contributed by atoms with Gasteiger partial charge in [-0.05, 0) is 31.5 Å². The molecule has 1 aromatic carbocycles. The Labute approximate surface area is 186 Å². The highest BCUT2D eigenvalue weighted by Gasteiger charge is 2.32. The van der Waals surface area contributed by atoms with E-state index in [4.69, 9.17) is 14.5 Å². The second kappa shape index (κ2) is 8.87. The van der Waals surface area contributed by atoms with Crippen LogP contribution in [0.4, 0.5) is 0 Å². The van der Waals surface area contributed by atoms with Gasteiger partial charge in [0.05, 0.1) is 53.6 Å². The standard InChI is InChI=1S/C22H26N4O5S/c1-14-20-18(22(27)23-8-9-30-2)12-19(15-5-4-6-17(11-15)31-3)24-21(20)26(25-14)16-7-10-32(28,29)13-16/h4-6,11-12,16H,7-10,13H2,1-3H3,(H,23,27). The maximum atomic E-state index is 13.1. The van der Waals surface area contributed by atoms with Crippen molar-refractivity contribution in [2.24, 2.45) is 0 Å². The van der Waals surface area contributed by atoms with Crippen LogP contribution < -0.4 is 10.1 Å². The molecule has 0 radical (unpaired) electrons. The third-order valence-electron chi connectivity index (χ3n) is 5.59. The fourth-order valence-electron chi connectivity index (χ4n) is 4.01. The zero-order valence-corrected chi connectivity index (χ0v) is 19.1. The van der Waals surface area contributed by atoms with Crippen LogP contribution in [0, 0.1) is 6.92 Å². The number of carbonyl (C=O) groups excluding carboxylic acids is 1. The van der Waals surface area contributed by atoms with Crippen LogP contribution in [0.5, 0.6) is 5.75 Å². The number of benzene rings is 1. The molecule has 1 aliphatic rings. The average Bonchev–Trinajstić information content (AvgIpc) is 3.32. The van der Waals surface area contributed by atoms with Gasteiger partial charge in [0, 0.05) is 19.2 Å². The van der Waals surface area contributed by atoms with E-state index in [2.05, 4.69) is 10.4 Å². The largest absolute Gasteiger partial charge is 0.497 e. The lowest BCUT2D eigenvalue weighted by Crippen LogP contribution is -2.27. The minimum Gasteiger partial charge on any atom is -0.497 e. The Hall–Kier alpha value is -2.98. The Morgan fingerprint density at radius 2 is 2.09 bits per heavy atom. The molecule has 1 atom stereocenters. The SMILES string of the molecule is COCCNC(=O)c1cc(-c2cccc(OC)c2)nc2c1c(C)nn2C1CCS(=O)(=O)C1. The summed E-state index contributed by atoms with van der Waals surface area (Å²) in [6.45, 7) is 2.56. The van der Waals surface area contributed by atoms with E-state index < -0.39 is 9.84 Å². The van der Waals surface area contributed by atoms with Gasteiger partial charge in [0.25, 0.3) is 5.91 Å². The number of aryl methyl sites for hydroxylation is 1. The van der Waals surface area contributed by atoms with Crippen LogP contribution in [0.15, 0.2) is 30.3 Å². The molecule has 2 aromatic heterocycles. The monoisotopic (exact) mass is 458 g/mol. The van der Waals surface area contributed by atoms with Crippen LogP contribution in [0.2, 0.25) is 0 Å². The Morgan fingerprint density at radius 1 is 1.28 bits per heavy atom. The molecule has 32 heavy (non-hydrogen) atoms. The Morgan fingerprint density at radius 3 is 2.78 bits per heavy atom. The van der Waals surface area contributed by atoms with E-state index in [1.807, 2.05) is 24.3 Å². The first kappa shape index (κ1) is 22.2. The van der Waals surface area contributed by atoms with Gasteiger partial charge in [0.15, 0.2) is 15.5 Å². The van der Waals surface area contributed by atoms with E-state index in [0.29, 0.717) is 53.3 Å². The molecule has 3 heterocycles. The fourth-order valence-corrected chi connectivity index (χ4v) is 5.70. The number of ether oxygens (including phenoxy) is 2. The van der Waals surface area contributed by atoms with E-state index in [-0.39, 0.29) is 23.5 Å². The van der Waals surface area contributed by atoms with Gasteiger partial charge in [-0.3, -0.25) is 4.79 Å². The molecular formula is C22H26N4O5S. The number of sulfone groups is 1. The van der Waals surface area contributed by atoms with Crippen molar-refractivity contribution < 1.29 is 22.7 Å². The first-order valence-corrected chi connectivity index (χ1v) is 12.2. The van der Waals surface area contributed by atoms with E-state index in [9.17, 15) is 13.2 Å². The summed E-state index contributed by atoms with van der Waals surface area (Å²) < 4.78 is 36.2. The molecule has 3 aromatic rings. The molecule has 0 bridgehead atoms. The van der Waals surface area contributed by atoms with Crippen LogP contribution in [0.25, 0.3) is 22.3 Å². The van der Waals surface area contributed by atoms with Gasteiger partial charge < -0.3 is 14.8 Å². The van der Waals surface area contributed by atoms with E-state index in [1.165, 1.54) is 0 Å². The molecule has 1 aliphatic heterocycles. The van der Waals surface area contributed by atoms with Crippen molar-refractivity contribution in [3.63, 3.8) is 0 Å². The van der Waals surface area contributed by atoms with Gasteiger partial charge in [-0.2, -0.15) is 5.10 Å². The van der Waals surface area contributed by atoms with Crippen molar-refractivity contribution in [2.75, 3.05) is 38.9 Å². The summed E-state index contributed by atoms with van der Waals surface area (Å²) in [6.07, 6.45) is 0.471. The molecule has 0 spiro atoms. The van der Waals surface area contributed by atoms with Gasteiger partial charge in [0.2, 0.25) is 0 Å². The topological polar surface area (TPSA) is 112 Å². The molecule has 4 rings (SSSR count). The molecule has 1 amide bonds. The maximum absolute atomic E-state index is 13.1.